The zero-order valence-corrected chi connectivity index (χ0v) is 26.3. The highest BCUT2D eigenvalue weighted by molar-refractivity contribution is 7.80. The van der Waals surface area contributed by atoms with Gasteiger partial charge < -0.3 is 4.74 Å². The summed E-state index contributed by atoms with van der Waals surface area (Å²) in [6.45, 7) is 21.6. The minimum absolute atomic E-state index is 0.0902. The first-order valence-electron chi connectivity index (χ1n) is 15.2. The van der Waals surface area contributed by atoms with Gasteiger partial charge in [-0.1, -0.05) is 71.8 Å². The second-order valence-electron chi connectivity index (χ2n) is 14.6. The molecule has 0 amide bonds. The van der Waals surface area contributed by atoms with Gasteiger partial charge in [-0.15, -0.1) is 0 Å². The van der Waals surface area contributed by atoms with E-state index in [2.05, 4.69) is 55.0 Å². The molecule has 39 heavy (non-hydrogen) atoms. The summed E-state index contributed by atoms with van der Waals surface area (Å²) in [5.41, 5.74) is 3.72. The molecule has 7 heteroatoms. The number of hydrogen-bond acceptors (Lipinski definition) is 5. The largest absolute Gasteiger partial charge is 0.462 e. The fraction of sp³-hybridized carbons (Fsp3) is 0.844. The third-order valence-corrected chi connectivity index (χ3v) is 12.5. The number of carbonyl (C=O) groups excluding carboxylic acids is 1. The molecule has 8 atom stereocenters. The smallest absolute Gasteiger partial charge is 0.397 e. The first kappa shape index (κ1) is 30.8. The first-order valence-corrected chi connectivity index (χ1v) is 16.5. The van der Waals surface area contributed by atoms with Crippen molar-refractivity contribution in [1.82, 2.24) is 0 Å². The van der Waals surface area contributed by atoms with Crippen LogP contribution in [0.25, 0.3) is 0 Å². The van der Waals surface area contributed by atoms with Crippen molar-refractivity contribution < 1.29 is 26.7 Å². The van der Waals surface area contributed by atoms with Crippen LogP contribution in [0.2, 0.25) is 0 Å². The molecule has 1 N–H and O–H groups in total. The maximum atomic E-state index is 12.5. The molecule has 2 saturated carbocycles. The quantitative estimate of drug-likeness (QED) is 0.185. The van der Waals surface area contributed by atoms with Gasteiger partial charge in [0.2, 0.25) is 0 Å². The molecule has 0 aromatic rings. The lowest BCUT2D eigenvalue weighted by atomic mass is 9.45. The predicted molar refractivity (Wildman–Crippen MR) is 154 cm³/mol. The van der Waals surface area contributed by atoms with Crippen molar-refractivity contribution in [2.24, 2.45) is 45.8 Å². The Hall–Kier alpha value is -1.18. The standard InChI is InChI=1S/C32H52O6S/c1-19(2)20(3)10-11-21(4)24-13-14-25-23-12-15-27-30(6,7)28(38-39(34,35)36)16-17-31(27,8)26(23)18-29(32(24,25)9)37-22(5)33/h19,21,24-25,27-29H,3,10-18H2,1-2,4-9H3,(H,34,35,36)/t21-,24-,25+,27?,28+,29+,31-,32-/m1/s1. The number of hydrogen-bond donors (Lipinski definition) is 1. The molecule has 2 fully saturated rings. The second kappa shape index (κ2) is 10.6. The Morgan fingerprint density at radius 1 is 1.08 bits per heavy atom. The number of carbonyl (C=O) groups is 1. The van der Waals surface area contributed by atoms with E-state index in [1.54, 1.807) is 5.57 Å². The number of esters is 1. The normalized spacial score (nSPS) is 38.6. The van der Waals surface area contributed by atoms with Crippen LogP contribution in [0.5, 0.6) is 0 Å². The van der Waals surface area contributed by atoms with Crippen LogP contribution in [-0.2, 0) is 24.1 Å². The minimum Gasteiger partial charge on any atom is -0.462 e. The van der Waals surface area contributed by atoms with E-state index < -0.39 is 21.9 Å². The van der Waals surface area contributed by atoms with Gasteiger partial charge in [0, 0.05) is 18.8 Å². The van der Waals surface area contributed by atoms with Crippen molar-refractivity contribution in [2.45, 2.75) is 125 Å². The molecule has 1 unspecified atom stereocenters. The topological polar surface area (TPSA) is 89.9 Å². The Bertz CT molecular complexity index is 1120. The average molecular weight is 565 g/mol. The van der Waals surface area contributed by atoms with E-state index in [0.29, 0.717) is 30.1 Å². The summed E-state index contributed by atoms with van der Waals surface area (Å²) in [6, 6.07) is 0. The highest BCUT2D eigenvalue weighted by atomic mass is 32.3. The number of allylic oxidation sites excluding steroid dienone is 2. The predicted octanol–water partition coefficient (Wildman–Crippen LogP) is 7.70. The molecule has 4 aliphatic carbocycles. The highest BCUT2D eigenvalue weighted by Crippen LogP contribution is 2.68. The summed E-state index contributed by atoms with van der Waals surface area (Å²) in [4.78, 5) is 12.5. The highest BCUT2D eigenvalue weighted by Gasteiger charge is 2.63. The van der Waals surface area contributed by atoms with E-state index in [1.807, 2.05) is 0 Å². The van der Waals surface area contributed by atoms with Gasteiger partial charge in [0.05, 0.1) is 6.10 Å². The van der Waals surface area contributed by atoms with Crippen LogP contribution in [-0.4, -0.2) is 31.1 Å². The first-order chi connectivity index (χ1) is 17.9. The fourth-order valence-corrected chi connectivity index (χ4v) is 10.4. The van der Waals surface area contributed by atoms with E-state index in [0.717, 1.165) is 51.4 Å². The van der Waals surface area contributed by atoms with Crippen molar-refractivity contribution in [3.05, 3.63) is 23.3 Å². The molecule has 6 nitrogen and oxygen atoms in total. The van der Waals surface area contributed by atoms with Crippen LogP contribution in [0.4, 0.5) is 0 Å². The SMILES string of the molecule is C=C(CC[C@@H](C)[C@H]1CC[C@H]2C3=C(C[C@H](OC(C)=O)[C@]12C)[C@@]1(C)CC[C@H](OS(=O)(=O)O)C(C)(C)C1CC3)C(C)C. The maximum absolute atomic E-state index is 12.5. The third kappa shape index (κ3) is 5.41. The molecule has 4 aliphatic rings. The Morgan fingerprint density at radius 2 is 1.74 bits per heavy atom. The van der Waals surface area contributed by atoms with Crippen LogP contribution in [0.15, 0.2) is 23.3 Å². The van der Waals surface area contributed by atoms with Crippen LogP contribution in [0.3, 0.4) is 0 Å². The second-order valence-corrected chi connectivity index (χ2v) is 15.7. The van der Waals surface area contributed by atoms with E-state index in [-0.39, 0.29) is 28.8 Å². The summed E-state index contributed by atoms with van der Waals surface area (Å²) in [6.07, 6.45) is 7.83. The Morgan fingerprint density at radius 3 is 2.33 bits per heavy atom. The minimum atomic E-state index is -4.52. The van der Waals surface area contributed by atoms with Crippen molar-refractivity contribution in [3.8, 4) is 0 Å². The van der Waals surface area contributed by atoms with Gasteiger partial charge >= 0.3 is 16.4 Å². The lowest BCUT2D eigenvalue weighted by Gasteiger charge is -2.61. The van der Waals surface area contributed by atoms with E-state index in [9.17, 15) is 17.8 Å². The average Bonchev–Trinajstić information content (AvgIpc) is 3.17. The Kier molecular flexibility index (Phi) is 8.35. The van der Waals surface area contributed by atoms with Crippen molar-refractivity contribution in [3.63, 3.8) is 0 Å². The van der Waals surface area contributed by atoms with Gasteiger partial charge in [-0.2, -0.15) is 8.42 Å². The van der Waals surface area contributed by atoms with Crippen LogP contribution in [0.1, 0.15) is 113 Å². The molecule has 0 aliphatic heterocycles. The maximum Gasteiger partial charge on any atom is 0.397 e. The zero-order valence-electron chi connectivity index (χ0n) is 25.5. The lowest BCUT2D eigenvalue weighted by molar-refractivity contribution is -0.161. The summed E-state index contributed by atoms with van der Waals surface area (Å²) in [5.74, 6) is 1.91. The van der Waals surface area contributed by atoms with Crippen molar-refractivity contribution in [1.29, 1.82) is 0 Å². The van der Waals surface area contributed by atoms with Crippen molar-refractivity contribution in [2.75, 3.05) is 0 Å². The summed E-state index contributed by atoms with van der Waals surface area (Å²) in [7, 11) is -4.52. The Labute approximate surface area is 237 Å². The summed E-state index contributed by atoms with van der Waals surface area (Å²) in [5, 5.41) is 0. The van der Waals surface area contributed by atoms with Gasteiger partial charge in [0.25, 0.3) is 0 Å². The summed E-state index contributed by atoms with van der Waals surface area (Å²) >= 11 is 0. The molecule has 0 saturated heterocycles. The third-order valence-electron chi connectivity index (χ3n) is 12.0. The fourth-order valence-electron chi connectivity index (χ4n) is 9.77. The lowest BCUT2D eigenvalue weighted by Crippen LogP contribution is -2.57. The number of ether oxygens (including phenoxy) is 1. The molecule has 0 bridgehead atoms. The molecule has 222 valence electrons. The van der Waals surface area contributed by atoms with Gasteiger partial charge in [-0.05, 0) is 91.8 Å². The van der Waals surface area contributed by atoms with Gasteiger partial charge in [-0.3, -0.25) is 9.35 Å². The van der Waals surface area contributed by atoms with Crippen LogP contribution in [0, 0.1) is 45.8 Å². The van der Waals surface area contributed by atoms with Crippen LogP contribution < -0.4 is 0 Å². The molecule has 0 radical (unpaired) electrons. The number of fused-ring (bicyclic) bond motifs is 4. The molecule has 0 aromatic carbocycles. The van der Waals surface area contributed by atoms with E-state index >= 15 is 0 Å². The van der Waals surface area contributed by atoms with Crippen LogP contribution >= 0.6 is 0 Å². The van der Waals surface area contributed by atoms with Crippen molar-refractivity contribution >= 4 is 16.4 Å². The van der Waals surface area contributed by atoms with E-state index in [4.69, 9.17) is 8.92 Å². The molecule has 0 spiro atoms. The Balaban J connectivity index is 1.68. The molecule has 4 rings (SSSR count). The molecular weight excluding hydrogens is 512 g/mol. The van der Waals surface area contributed by atoms with Gasteiger partial charge in [0.1, 0.15) is 6.10 Å². The molecular formula is C32H52O6S. The van der Waals surface area contributed by atoms with Gasteiger partial charge in [-0.25, -0.2) is 4.18 Å². The molecule has 0 aromatic heterocycles. The number of rotatable bonds is 8. The van der Waals surface area contributed by atoms with E-state index in [1.165, 1.54) is 18.1 Å². The van der Waals surface area contributed by atoms with Gasteiger partial charge in [0.15, 0.2) is 0 Å². The summed E-state index contributed by atoms with van der Waals surface area (Å²) < 4.78 is 44.2. The molecule has 0 heterocycles. The zero-order chi connectivity index (χ0) is 29.1. The monoisotopic (exact) mass is 564 g/mol.